The SMILES string of the molecule is Cc1ccc(-c2cc(C(=O)N/N=C\c3ccccc3C)nn2-c2ccccc2C)cc1. The molecule has 154 valence electrons. The van der Waals surface area contributed by atoms with Gasteiger partial charge in [0.15, 0.2) is 5.69 Å². The van der Waals surface area contributed by atoms with E-state index in [4.69, 9.17) is 0 Å². The van der Waals surface area contributed by atoms with E-state index in [2.05, 4.69) is 27.8 Å². The van der Waals surface area contributed by atoms with Gasteiger partial charge in [0, 0.05) is 5.56 Å². The van der Waals surface area contributed by atoms with Crippen molar-refractivity contribution in [1.29, 1.82) is 0 Å². The van der Waals surface area contributed by atoms with E-state index in [0.29, 0.717) is 5.69 Å². The number of hydrogen-bond donors (Lipinski definition) is 1. The van der Waals surface area contributed by atoms with Crippen LogP contribution in [0.2, 0.25) is 0 Å². The van der Waals surface area contributed by atoms with E-state index in [-0.39, 0.29) is 5.91 Å². The van der Waals surface area contributed by atoms with Crippen LogP contribution < -0.4 is 5.43 Å². The first-order chi connectivity index (χ1) is 15.0. The molecule has 0 aliphatic heterocycles. The summed E-state index contributed by atoms with van der Waals surface area (Å²) in [5.74, 6) is -0.356. The van der Waals surface area contributed by atoms with Crippen LogP contribution in [-0.2, 0) is 0 Å². The molecule has 0 radical (unpaired) electrons. The Bertz CT molecular complexity index is 1250. The first kappa shape index (κ1) is 20.3. The Kier molecular flexibility index (Phi) is 5.76. The second kappa shape index (κ2) is 8.79. The topological polar surface area (TPSA) is 59.3 Å². The molecule has 0 bridgehead atoms. The van der Waals surface area contributed by atoms with Crippen LogP contribution in [0.4, 0.5) is 0 Å². The van der Waals surface area contributed by atoms with Gasteiger partial charge < -0.3 is 0 Å². The Labute approximate surface area is 182 Å². The summed E-state index contributed by atoms with van der Waals surface area (Å²) in [7, 11) is 0. The minimum atomic E-state index is -0.356. The minimum Gasteiger partial charge on any atom is -0.265 e. The Balaban J connectivity index is 1.68. The average Bonchev–Trinajstić information content (AvgIpc) is 3.21. The number of aromatic nitrogens is 2. The van der Waals surface area contributed by atoms with E-state index < -0.39 is 0 Å². The smallest absolute Gasteiger partial charge is 0.265 e. The van der Waals surface area contributed by atoms with Crippen LogP contribution in [0.25, 0.3) is 16.9 Å². The molecule has 0 aliphatic carbocycles. The fraction of sp³-hybridized carbons (Fsp3) is 0.115. The predicted octanol–water partition coefficient (Wildman–Crippen LogP) is 5.23. The van der Waals surface area contributed by atoms with Crippen LogP contribution in [-0.4, -0.2) is 21.9 Å². The lowest BCUT2D eigenvalue weighted by atomic mass is 10.1. The molecule has 0 spiro atoms. The second-order valence-corrected chi connectivity index (χ2v) is 7.53. The van der Waals surface area contributed by atoms with Crippen LogP contribution in [0.1, 0.15) is 32.7 Å². The van der Waals surface area contributed by atoms with Crippen LogP contribution in [0.15, 0.2) is 84.0 Å². The van der Waals surface area contributed by atoms with Crippen molar-refractivity contribution in [3.63, 3.8) is 0 Å². The maximum Gasteiger partial charge on any atom is 0.291 e. The predicted molar refractivity (Wildman–Crippen MR) is 125 cm³/mol. The van der Waals surface area contributed by atoms with Gasteiger partial charge in [-0.3, -0.25) is 4.79 Å². The number of para-hydroxylation sites is 1. The number of carbonyl (C=O) groups is 1. The molecule has 0 fully saturated rings. The van der Waals surface area contributed by atoms with Gasteiger partial charge in [0.25, 0.3) is 5.91 Å². The van der Waals surface area contributed by atoms with Crippen molar-refractivity contribution in [2.24, 2.45) is 5.10 Å². The molecule has 0 saturated heterocycles. The van der Waals surface area contributed by atoms with Crippen molar-refractivity contribution in [1.82, 2.24) is 15.2 Å². The van der Waals surface area contributed by atoms with Crippen molar-refractivity contribution in [3.05, 3.63) is 107 Å². The third-order valence-electron chi connectivity index (χ3n) is 5.19. The van der Waals surface area contributed by atoms with Gasteiger partial charge in [0.1, 0.15) is 0 Å². The first-order valence-electron chi connectivity index (χ1n) is 10.1. The summed E-state index contributed by atoms with van der Waals surface area (Å²) in [6, 6.07) is 25.8. The lowest BCUT2D eigenvalue weighted by Crippen LogP contribution is -2.18. The zero-order valence-electron chi connectivity index (χ0n) is 17.8. The number of carbonyl (C=O) groups excluding carboxylic acids is 1. The molecule has 0 unspecified atom stereocenters. The Morgan fingerprint density at radius 2 is 1.58 bits per heavy atom. The molecular weight excluding hydrogens is 384 g/mol. The fourth-order valence-electron chi connectivity index (χ4n) is 3.36. The molecule has 1 aromatic heterocycles. The molecule has 3 aromatic carbocycles. The van der Waals surface area contributed by atoms with E-state index in [9.17, 15) is 4.79 Å². The van der Waals surface area contributed by atoms with Gasteiger partial charge in [0.05, 0.1) is 17.6 Å². The average molecular weight is 409 g/mol. The van der Waals surface area contributed by atoms with Crippen LogP contribution in [0.3, 0.4) is 0 Å². The van der Waals surface area contributed by atoms with Gasteiger partial charge in [-0.25, -0.2) is 10.1 Å². The lowest BCUT2D eigenvalue weighted by Gasteiger charge is -2.10. The van der Waals surface area contributed by atoms with Gasteiger partial charge in [-0.15, -0.1) is 0 Å². The molecule has 5 heteroatoms. The number of rotatable bonds is 5. The lowest BCUT2D eigenvalue weighted by molar-refractivity contribution is 0.0949. The molecule has 1 amide bonds. The van der Waals surface area contributed by atoms with Crippen LogP contribution >= 0.6 is 0 Å². The van der Waals surface area contributed by atoms with Crippen molar-refractivity contribution in [2.75, 3.05) is 0 Å². The summed E-state index contributed by atoms with van der Waals surface area (Å²) in [4.78, 5) is 12.8. The van der Waals surface area contributed by atoms with E-state index >= 15 is 0 Å². The number of hydrazone groups is 1. The molecule has 0 aliphatic rings. The van der Waals surface area contributed by atoms with Gasteiger partial charge in [-0.05, 0) is 49.6 Å². The van der Waals surface area contributed by atoms with E-state index in [1.807, 2.05) is 86.1 Å². The van der Waals surface area contributed by atoms with Crippen molar-refractivity contribution >= 4 is 12.1 Å². The highest BCUT2D eigenvalue weighted by atomic mass is 16.2. The normalized spacial score (nSPS) is 11.1. The third-order valence-corrected chi connectivity index (χ3v) is 5.19. The summed E-state index contributed by atoms with van der Waals surface area (Å²) < 4.78 is 1.82. The number of nitrogens with zero attached hydrogens (tertiary/aromatic N) is 3. The quantitative estimate of drug-likeness (QED) is 0.363. The number of aryl methyl sites for hydroxylation is 3. The van der Waals surface area contributed by atoms with Crippen molar-refractivity contribution in [2.45, 2.75) is 20.8 Å². The zero-order valence-corrected chi connectivity index (χ0v) is 17.8. The van der Waals surface area contributed by atoms with Gasteiger partial charge >= 0.3 is 0 Å². The molecule has 0 atom stereocenters. The number of benzene rings is 3. The van der Waals surface area contributed by atoms with Crippen LogP contribution in [0.5, 0.6) is 0 Å². The largest absolute Gasteiger partial charge is 0.291 e. The standard InChI is InChI=1S/C26H24N4O/c1-18-12-14-21(15-13-18)25-16-23(29-30(25)24-11-7-5-9-20(24)3)26(31)28-27-17-22-10-6-4-8-19(22)2/h4-17H,1-3H3,(H,28,31)/b27-17-. The molecule has 5 nitrogen and oxygen atoms in total. The van der Waals surface area contributed by atoms with Crippen LogP contribution in [0, 0.1) is 20.8 Å². The molecule has 1 N–H and O–H groups in total. The number of hydrogen-bond acceptors (Lipinski definition) is 3. The minimum absolute atomic E-state index is 0.306. The maximum absolute atomic E-state index is 12.8. The van der Waals surface area contributed by atoms with E-state index in [1.54, 1.807) is 12.3 Å². The molecule has 31 heavy (non-hydrogen) atoms. The summed E-state index contributed by atoms with van der Waals surface area (Å²) >= 11 is 0. The first-order valence-corrected chi connectivity index (χ1v) is 10.1. The summed E-state index contributed by atoms with van der Waals surface area (Å²) in [5.41, 5.74) is 9.96. The maximum atomic E-state index is 12.8. The highest BCUT2D eigenvalue weighted by molar-refractivity contribution is 5.94. The highest BCUT2D eigenvalue weighted by Crippen LogP contribution is 2.26. The summed E-state index contributed by atoms with van der Waals surface area (Å²) in [6.07, 6.45) is 1.65. The van der Waals surface area contributed by atoms with Crippen molar-refractivity contribution < 1.29 is 4.79 Å². The Morgan fingerprint density at radius 3 is 2.29 bits per heavy atom. The molecule has 4 aromatic rings. The number of nitrogens with one attached hydrogen (secondary N) is 1. The molecular formula is C26H24N4O. The third kappa shape index (κ3) is 4.46. The second-order valence-electron chi connectivity index (χ2n) is 7.53. The molecule has 1 heterocycles. The molecule has 4 rings (SSSR count). The van der Waals surface area contributed by atoms with Gasteiger partial charge in [-0.1, -0.05) is 72.3 Å². The van der Waals surface area contributed by atoms with Crippen molar-refractivity contribution in [3.8, 4) is 16.9 Å². The molecule has 0 saturated carbocycles. The summed E-state index contributed by atoms with van der Waals surface area (Å²) in [5, 5.41) is 8.73. The van der Waals surface area contributed by atoms with E-state index in [0.717, 1.165) is 33.6 Å². The summed E-state index contributed by atoms with van der Waals surface area (Å²) in [6.45, 7) is 6.08. The highest BCUT2D eigenvalue weighted by Gasteiger charge is 2.17. The monoisotopic (exact) mass is 408 g/mol. The van der Waals surface area contributed by atoms with Gasteiger partial charge in [-0.2, -0.15) is 10.2 Å². The Hall–Kier alpha value is -3.99. The van der Waals surface area contributed by atoms with E-state index in [1.165, 1.54) is 5.56 Å². The number of amides is 1. The Morgan fingerprint density at radius 1 is 0.903 bits per heavy atom. The van der Waals surface area contributed by atoms with Gasteiger partial charge in [0.2, 0.25) is 0 Å². The zero-order chi connectivity index (χ0) is 21.8. The fourth-order valence-corrected chi connectivity index (χ4v) is 3.36.